The van der Waals surface area contributed by atoms with E-state index >= 15 is 0 Å². The first-order chi connectivity index (χ1) is 13.8. The molecule has 0 spiro atoms. The Morgan fingerprint density at radius 2 is 1.43 bits per heavy atom. The van der Waals surface area contributed by atoms with Crippen LogP contribution in [0, 0.1) is 0 Å². The van der Waals surface area contributed by atoms with Gasteiger partial charge in [-0.1, -0.05) is 54.6 Å². The molecule has 3 aromatic carbocycles. The Labute approximate surface area is 162 Å². The molecule has 0 saturated heterocycles. The zero-order valence-corrected chi connectivity index (χ0v) is 15.0. The molecule has 5 aromatic rings. The van der Waals surface area contributed by atoms with Crippen LogP contribution in [-0.4, -0.2) is 19.9 Å². The van der Waals surface area contributed by atoms with Crippen LogP contribution in [0.1, 0.15) is 0 Å². The molecule has 134 valence electrons. The molecule has 0 bridgehead atoms. The van der Waals surface area contributed by atoms with Crippen LogP contribution < -0.4 is 5.32 Å². The maximum Gasteiger partial charge on any atom is 0.159 e. The molecule has 0 aliphatic carbocycles. The average molecular weight is 363 g/mol. The molecule has 0 saturated carbocycles. The minimum absolute atomic E-state index is 0.710. The fourth-order valence-electron chi connectivity index (χ4n) is 3.13. The van der Waals surface area contributed by atoms with Crippen LogP contribution in [0.3, 0.4) is 0 Å². The fraction of sp³-hybridized carbons (Fsp3) is 0. The van der Waals surface area contributed by atoms with Crippen LogP contribution in [0.2, 0.25) is 0 Å². The van der Waals surface area contributed by atoms with E-state index in [0.717, 1.165) is 39.4 Å². The molecule has 0 aliphatic rings. The first kappa shape index (κ1) is 16.2. The largest absolute Gasteiger partial charge is 0.353 e. The topological polar surface area (TPSA) is 66.5 Å². The smallest absolute Gasteiger partial charge is 0.159 e. The maximum atomic E-state index is 4.67. The summed E-state index contributed by atoms with van der Waals surface area (Å²) in [6.45, 7) is 0. The van der Waals surface area contributed by atoms with Crippen molar-refractivity contribution < 1.29 is 0 Å². The van der Waals surface area contributed by atoms with Crippen molar-refractivity contribution in [2.24, 2.45) is 0 Å². The lowest BCUT2D eigenvalue weighted by atomic mass is 10.2. The van der Waals surface area contributed by atoms with Crippen LogP contribution in [-0.2, 0) is 0 Å². The predicted octanol–water partition coefficient (Wildman–Crippen LogP) is 5.43. The molecule has 0 radical (unpaired) electrons. The molecule has 28 heavy (non-hydrogen) atoms. The Kier molecular flexibility index (Phi) is 4.03. The fourth-order valence-corrected chi connectivity index (χ4v) is 3.13. The van der Waals surface area contributed by atoms with Gasteiger partial charge in [-0.2, -0.15) is 0 Å². The molecule has 0 amide bonds. The summed E-state index contributed by atoms with van der Waals surface area (Å²) in [6.07, 6.45) is 3.59. The highest BCUT2D eigenvalue weighted by Gasteiger charge is 2.06. The highest BCUT2D eigenvalue weighted by atomic mass is 15.0. The summed E-state index contributed by atoms with van der Waals surface area (Å²) in [5.74, 6) is 1.56. The Hall–Kier alpha value is -3.99. The van der Waals surface area contributed by atoms with Gasteiger partial charge in [0, 0.05) is 16.8 Å². The lowest BCUT2D eigenvalue weighted by Crippen LogP contribution is -1.95. The third kappa shape index (κ3) is 3.21. The minimum Gasteiger partial charge on any atom is -0.353 e. The number of hydrogen-bond acceptors (Lipinski definition) is 4. The van der Waals surface area contributed by atoms with E-state index in [9.17, 15) is 0 Å². The predicted molar refractivity (Wildman–Crippen MR) is 112 cm³/mol. The normalized spacial score (nSPS) is 10.9. The van der Waals surface area contributed by atoms with Gasteiger partial charge in [0.05, 0.1) is 29.1 Å². The number of fused-ring (bicyclic) bond motifs is 1. The molecule has 0 fully saturated rings. The highest BCUT2D eigenvalue weighted by molar-refractivity contribution is 5.80. The Balaban J connectivity index is 1.39. The van der Waals surface area contributed by atoms with Crippen molar-refractivity contribution in [1.29, 1.82) is 0 Å². The first-order valence-electron chi connectivity index (χ1n) is 9.05. The number of para-hydroxylation sites is 2. The SMILES string of the molecule is c1ccc(-c2ncc(Nc3cccc(-c4nc5ccccc5[nH]4)c3)cn2)cc1. The third-order valence-electron chi connectivity index (χ3n) is 4.50. The summed E-state index contributed by atoms with van der Waals surface area (Å²) >= 11 is 0. The van der Waals surface area contributed by atoms with Crippen molar-refractivity contribution in [1.82, 2.24) is 19.9 Å². The second kappa shape index (κ2) is 6.96. The van der Waals surface area contributed by atoms with Crippen LogP contribution in [0.25, 0.3) is 33.8 Å². The molecular weight excluding hydrogens is 346 g/mol. The third-order valence-corrected chi connectivity index (χ3v) is 4.50. The summed E-state index contributed by atoms with van der Waals surface area (Å²) in [5.41, 5.74) is 5.79. The standard InChI is InChI=1S/C23H17N5/c1-2-7-16(8-3-1)22-24-14-19(15-25-22)26-18-10-6-9-17(13-18)23-27-20-11-4-5-12-21(20)28-23/h1-15,26H,(H,27,28). The summed E-state index contributed by atoms with van der Waals surface area (Å²) < 4.78 is 0. The van der Waals surface area contributed by atoms with Gasteiger partial charge in [-0.15, -0.1) is 0 Å². The molecule has 2 aromatic heterocycles. The summed E-state index contributed by atoms with van der Waals surface area (Å²) in [6, 6.07) is 26.1. The number of aromatic amines is 1. The second-order valence-electron chi connectivity index (χ2n) is 6.47. The quantitative estimate of drug-likeness (QED) is 0.447. The molecule has 5 heteroatoms. The van der Waals surface area contributed by atoms with E-state index in [1.54, 1.807) is 12.4 Å². The van der Waals surface area contributed by atoms with E-state index in [-0.39, 0.29) is 0 Å². The first-order valence-corrected chi connectivity index (χ1v) is 9.05. The Morgan fingerprint density at radius 3 is 2.25 bits per heavy atom. The second-order valence-corrected chi connectivity index (χ2v) is 6.47. The lowest BCUT2D eigenvalue weighted by molar-refractivity contribution is 1.17. The van der Waals surface area contributed by atoms with Gasteiger partial charge in [0.2, 0.25) is 0 Å². The number of aromatic nitrogens is 4. The van der Waals surface area contributed by atoms with Gasteiger partial charge in [-0.05, 0) is 24.3 Å². The molecule has 5 rings (SSSR count). The number of benzene rings is 3. The summed E-state index contributed by atoms with van der Waals surface area (Å²) in [7, 11) is 0. The van der Waals surface area contributed by atoms with Gasteiger partial charge >= 0.3 is 0 Å². The molecule has 5 nitrogen and oxygen atoms in total. The van der Waals surface area contributed by atoms with Gasteiger partial charge in [-0.25, -0.2) is 15.0 Å². The van der Waals surface area contributed by atoms with E-state index in [1.165, 1.54) is 0 Å². The number of H-pyrrole nitrogens is 1. The average Bonchev–Trinajstić information content (AvgIpc) is 3.20. The van der Waals surface area contributed by atoms with Gasteiger partial charge in [0.15, 0.2) is 5.82 Å². The van der Waals surface area contributed by atoms with Crippen molar-refractivity contribution in [3.63, 3.8) is 0 Å². The number of anilines is 2. The number of rotatable bonds is 4. The van der Waals surface area contributed by atoms with Crippen LogP contribution in [0.5, 0.6) is 0 Å². The monoisotopic (exact) mass is 363 g/mol. The van der Waals surface area contributed by atoms with E-state index in [0.29, 0.717) is 5.82 Å². The Bertz CT molecular complexity index is 1190. The van der Waals surface area contributed by atoms with Crippen LogP contribution >= 0.6 is 0 Å². The van der Waals surface area contributed by atoms with Gasteiger partial charge in [0.1, 0.15) is 5.82 Å². The van der Waals surface area contributed by atoms with Crippen molar-refractivity contribution >= 4 is 22.4 Å². The molecule has 2 heterocycles. The Morgan fingerprint density at radius 1 is 0.679 bits per heavy atom. The van der Waals surface area contributed by atoms with Crippen molar-refractivity contribution in [2.75, 3.05) is 5.32 Å². The van der Waals surface area contributed by atoms with Crippen LogP contribution in [0.4, 0.5) is 11.4 Å². The summed E-state index contributed by atoms with van der Waals surface area (Å²) in [4.78, 5) is 17.0. The van der Waals surface area contributed by atoms with Crippen molar-refractivity contribution in [3.05, 3.63) is 91.3 Å². The van der Waals surface area contributed by atoms with Crippen molar-refractivity contribution in [3.8, 4) is 22.8 Å². The van der Waals surface area contributed by atoms with Crippen LogP contribution in [0.15, 0.2) is 91.3 Å². The van der Waals surface area contributed by atoms with E-state index in [2.05, 4.69) is 31.3 Å². The van der Waals surface area contributed by atoms with E-state index in [1.807, 2.05) is 72.8 Å². The number of nitrogens with one attached hydrogen (secondary N) is 2. The molecule has 0 unspecified atom stereocenters. The number of hydrogen-bond donors (Lipinski definition) is 2. The zero-order valence-electron chi connectivity index (χ0n) is 15.0. The van der Waals surface area contributed by atoms with E-state index < -0.39 is 0 Å². The van der Waals surface area contributed by atoms with Gasteiger partial charge in [0.25, 0.3) is 0 Å². The lowest BCUT2D eigenvalue weighted by Gasteiger charge is -2.08. The molecule has 2 N–H and O–H groups in total. The zero-order chi connectivity index (χ0) is 18.8. The number of nitrogens with zero attached hydrogens (tertiary/aromatic N) is 3. The summed E-state index contributed by atoms with van der Waals surface area (Å²) in [5, 5.41) is 3.36. The molecule has 0 aliphatic heterocycles. The van der Waals surface area contributed by atoms with Gasteiger partial charge in [-0.3, -0.25) is 0 Å². The highest BCUT2D eigenvalue weighted by Crippen LogP contribution is 2.25. The van der Waals surface area contributed by atoms with E-state index in [4.69, 9.17) is 0 Å². The molecular formula is C23H17N5. The molecule has 0 atom stereocenters. The number of imidazole rings is 1. The maximum absolute atomic E-state index is 4.67. The minimum atomic E-state index is 0.710. The van der Waals surface area contributed by atoms with Crippen molar-refractivity contribution in [2.45, 2.75) is 0 Å². The van der Waals surface area contributed by atoms with Gasteiger partial charge < -0.3 is 10.3 Å².